The zero-order valence-electron chi connectivity index (χ0n) is 13.8. The highest BCUT2D eigenvalue weighted by molar-refractivity contribution is 5.93. The van der Waals surface area contributed by atoms with Gasteiger partial charge in [-0.25, -0.2) is 9.97 Å². The molecular weight excluding hydrogens is 308 g/mol. The largest absolute Gasteiger partial charge is 0.506 e. The number of aromatic nitrogens is 3. The number of imidazole rings is 1. The first-order chi connectivity index (χ1) is 11.5. The fraction of sp³-hybridized carbons (Fsp3) is 0.294. The van der Waals surface area contributed by atoms with Crippen molar-refractivity contribution in [3.8, 4) is 11.4 Å². The lowest BCUT2D eigenvalue weighted by molar-refractivity contribution is -0.391. The van der Waals surface area contributed by atoms with Gasteiger partial charge in [0.1, 0.15) is 23.2 Å². The average molecular weight is 326 g/mol. The van der Waals surface area contributed by atoms with Crippen LogP contribution in [-0.2, 0) is 6.42 Å². The maximum atomic E-state index is 11.4. The number of nitrogens with zero attached hydrogens (tertiary/aromatic N) is 4. The van der Waals surface area contributed by atoms with Gasteiger partial charge in [0.05, 0.1) is 5.39 Å². The van der Waals surface area contributed by atoms with E-state index in [0.717, 1.165) is 24.1 Å². The summed E-state index contributed by atoms with van der Waals surface area (Å²) >= 11 is 0. The summed E-state index contributed by atoms with van der Waals surface area (Å²) in [6.45, 7) is 5.64. The zero-order valence-corrected chi connectivity index (χ0v) is 13.8. The molecule has 0 aliphatic rings. The lowest BCUT2D eigenvalue weighted by atomic mass is 10.0. The van der Waals surface area contributed by atoms with E-state index in [-0.39, 0.29) is 11.6 Å². The number of hydrogen-bond acceptors (Lipinski definition) is 5. The highest BCUT2D eigenvalue weighted by Gasteiger charge is 2.26. The summed E-state index contributed by atoms with van der Waals surface area (Å²) in [5.74, 6) is 0.481. The lowest BCUT2D eigenvalue weighted by Gasteiger charge is -2.14. The van der Waals surface area contributed by atoms with Crippen LogP contribution in [0.25, 0.3) is 16.6 Å². The van der Waals surface area contributed by atoms with Gasteiger partial charge in [0, 0.05) is 18.2 Å². The first-order valence-corrected chi connectivity index (χ1v) is 7.76. The molecule has 3 aromatic rings. The zero-order chi connectivity index (χ0) is 17.4. The van der Waals surface area contributed by atoms with Crippen LogP contribution in [-0.4, -0.2) is 24.6 Å². The van der Waals surface area contributed by atoms with Gasteiger partial charge in [-0.15, -0.1) is 0 Å². The van der Waals surface area contributed by atoms with Crippen molar-refractivity contribution < 1.29 is 10.0 Å². The number of aromatic hydroxyl groups is 1. The first-order valence-electron chi connectivity index (χ1n) is 7.76. The minimum Gasteiger partial charge on any atom is -0.506 e. The number of rotatable bonds is 4. The number of fused-ring (bicyclic) bond motifs is 1. The number of hydrogen-bond donors (Lipinski definition) is 1. The van der Waals surface area contributed by atoms with Crippen molar-refractivity contribution in [1.29, 1.82) is 0 Å². The van der Waals surface area contributed by atoms with Crippen LogP contribution in [0.15, 0.2) is 24.4 Å². The van der Waals surface area contributed by atoms with E-state index < -0.39 is 4.92 Å². The molecule has 24 heavy (non-hydrogen) atoms. The van der Waals surface area contributed by atoms with Crippen molar-refractivity contribution in [3.05, 3.63) is 51.6 Å². The maximum absolute atomic E-state index is 11.4. The van der Waals surface area contributed by atoms with Crippen molar-refractivity contribution in [2.75, 3.05) is 0 Å². The fourth-order valence-electron chi connectivity index (χ4n) is 3.05. The highest BCUT2D eigenvalue weighted by atomic mass is 16.6. The van der Waals surface area contributed by atoms with E-state index in [2.05, 4.69) is 9.97 Å². The molecule has 0 unspecified atom stereocenters. The standard InChI is InChI=1S/C17H18N4O3/c1-4-6-12-10(2)19-16-13(7-5-8-14(16)22)17(12)20-11(3)18-9-15(20)21(23)24/h5,7-9,22H,4,6H2,1-3H3. The molecule has 2 aromatic heterocycles. The summed E-state index contributed by atoms with van der Waals surface area (Å²) in [7, 11) is 0. The maximum Gasteiger partial charge on any atom is 0.348 e. The number of aryl methyl sites for hydroxylation is 2. The fourth-order valence-corrected chi connectivity index (χ4v) is 3.05. The number of para-hydroxylation sites is 1. The summed E-state index contributed by atoms with van der Waals surface area (Å²) < 4.78 is 1.54. The number of pyridine rings is 1. The molecule has 0 aliphatic heterocycles. The Kier molecular flexibility index (Phi) is 3.92. The van der Waals surface area contributed by atoms with E-state index in [1.165, 1.54) is 6.20 Å². The third kappa shape index (κ3) is 2.38. The van der Waals surface area contributed by atoms with Crippen LogP contribution in [0.1, 0.15) is 30.4 Å². The van der Waals surface area contributed by atoms with Crippen LogP contribution in [0.3, 0.4) is 0 Å². The SMILES string of the molecule is CCCc1c(C)nc2c(O)cccc2c1-n1c([N+](=O)[O-])cnc1C. The van der Waals surface area contributed by atoms with Crippen LogP contribution < -0.4 is 0 Å². The predicted octanol–water partition coefficient (Wildman–Crippen LogP) is 3.60. The normalized spacial score (nSPS) is 11.1. The van der Waals surface area contributed by atoms with Crippen LogP contribution >= 0.6 is 0 Å². The van der Waals surface area contributed by atoms with Gasteiger partial charge in [0.2, 0.25) is 0 Å². The minimum absolute atomic E-state index is 0.0559. The topological polar surface area (TPSA) is 94.1 Å². The highest BCUT2D eigenvalue weighted by Crippen LogP contribution is 2.35. The van der Waals surface area contributed by atoms with E-state index in [9.17, 15) is 15.2 Å². The van der Waals surface area contributed by atoms with Gasteiger partial charge in [-0.05, 0) is 30.4 Å². The molecule has 0 aliphatic carbocycles. The van der Waals surface area contributed by atoms with Gasteiger partial charge in [-0.2, -0.15) is 4.57 Å². The summed E-state index contributed by atoms with van der Waals surface area (Å²) in [6, 6.07) is 5.10. The van der Waals surface area contributed by atoms with Crippen LogP contribution in [0.4, 0.5) is 5.82 Å². The van der Waals surface area contributed by atoms with Crippen LogP contribution in [0.5, 0.6) is 5.75 Å². The second kappa shape index (κ2) is 5.92. The Morgan fingerprint density at radius 1 is 1.33 bits per heavy atom. The van der Waals surface area contributed by atoms with Crippen molar-refractivity contribution in [1.82, 2.24) is 14.5 Å². The van der Waals surface area contributed by atoms with Crippen LogP contribution in [0, 0.1) is 24.0 Å². The monoisotopic (exact) mass is 326 g/mol. The Bertz CT molecular complexity index is 947. The van der Waals surface area contributed by atoms with Crippen LogP contribution in [0.2, 0.25) is 0 Å². The smallest absolute Gasteiger partial charge is 0.348 e. The van der Waals surface area contributed by atoms with Gasteiger partial charge < -0.3 is 15.2 Å². The molecule has 0 atom stereocenters. The number of phenols is 1. The Morgan fingerprint density at radius 3 is 2.75 bits per heavy atom. The molecule has 124 valence electrons. The summed E-state index contributed by atoms with van der Waals surface area (Å²) in [5.41, 5.74) is 2.80. The third-order valence-corrected chi connectivity index (χ3v) is 4.10. The predicted molar refractivity (Wildman–Crippen MR) is 90.7 cm³/mol. The molecule has 0 saturated heterocycles. The lowest BCUT2D eigenvalue weighted by Crippen LogP contribution is -2.09. The van der Waals surface area contributed by atoms with Gasteiger partial charge >= 0.3 is 5.82 Å². The Hall–Kier alpha value is -2.96. The Morgan fingerprint density at radius 2 is 2.08 bits per heavy atom. The van der Waals surface area contributed by atoms with E-state index in [1.807, 2.05) is 19.9 Å². The molecule has 0 bridgehead atoms. The Labute approximate surface area is 138 Å². The number of phenolic OH excluding ortho intramolecular Hbond substituents is 1. The molecule has 7 nitrogen and oxygen atoms in total. The third-order valence-electron chi connectivity index (χ3n) is 4.10. The van der Waals surface area contributed by atoms with Crippen molar-refractivity contribution >= 4 is 16.7 Å². The second-order valence-corrected chi connectivity index (χ2v) is 5.70. The minimum atomic E-state index is -0.444. The molecule has 0 radical (unpaired) electrons. The number of benzene rings is 1. The summed E-state index contributed by atoms with van der Waals surface area (Å²) in [5, 5.41) is 22.3. The van der Waals surface area contributed by atoms with Crippen molar-refractivity contribution in [2.45, 2.75) is 33.6 Å². The molecule has 0 spiro atoms. The molecular formula is C17H18N4O3. The second-order valence-electron chi connectivity index (χ2n) is 5.70. The molecule has 1 N–H and O–H groups in total. The molecule has 1 aromatic carbocycles. The van der Waals surface area contributed by atoms with E-state index in [1.54, 1.807) is 23.6 Å². The first kappa shape index (κ1) is 15.9. The van der Waals surface area contributed by atoms with Gasteiger partial charge in [-0.1, -0.05) is 19.4 Å². The summed E-state index contributed by atoms with van der Waals surface area (Å²) in [4.78, 5) is 19.6. The average Bonchev–Trinajstić information content (AvgIpc) is 2.91. The molecule has 0 amide bonds. The molecule has 7 heteroatoms. The number of nitro groups is 1. The summed E-state index contributed by atoms with van der Waals surface area (Å²) in [6.07, 6.45) is 2.87. The van der Waals surface area contributed by atoms with Gasteiger partial charge in [0.25, 0.3) is 0 Å². The van der Waals surface area contributed by atoms with Crippen molar-refractivity contribution in [2.24, 2.45) is 0 Å². The van der Waals surface area contributed by atoms with Crippen molar-refractivity contribution in [3.63, 3.8) is 0 Å². The van der Waals surface area contributed by atoms with Gasteiger partial charge in [-0.3, -0.25) is 0 Å². The Balaban J connectivity index is 2.50. The van der Waals surface area contributed by atoms with Gasteiger partial charge in [0.15, 0.2) is 5.82 Å². The van der Waals surface area contributed by atoms with E-state index >= 15 is 0 Å². The molecule has 0 fully saturated rings. The van der Waals surface area contributed by atoms with E-state index in [0.29, 0.717) is 22.4 Å². The molecule has 3 rings (SSSR count). The quantitative estimate of drug-likeness (QED) is 0.584. The molecule has 2 heterocycles. The van der Waals surface area contributed by atoms with E-state index in [4.69, 9.17) is 0 Å². The molecule has 0 saturated carbocycles.